The van der Waals surface area contributed by atoms with Crippen molar-refractivity contribution in [2.24, 2.45) is 5.92 Å². The smallest absolute Gasteiger partial charge is 0.319 e. The van der Waals surface area contributed by atoms with Gasteiger partial charge in [-0.2, -0.15) is 0 Å². The molecule has 0 atom stereocenters. The summed E-state index contributed by atoms with van der Waals surface area (Å²) in [6.07, 6.45) is 7.39. The summed E-state index contributed by atoms with van der Waals surface area (Å²) in [6, 6.07) is 18.9. The molecule has 2 aromatic heterocycles. The summed E-state index contributed by atoms with van der Waals surface area (Å²) < 4.78 is 5.37. The summed E-state index contributed by atoms with van der Waals surface area (Å²) in [7, 11) is 0. The fourth-order valence-corrected chi connectivity index (χ4v) is 4.39. The van der Waals surface area contributed by atoms with Crippen molar-refractivity contribution in [3.05, 3.63) is 84.8 Å². The minimum atomic E-state index is -0.218. The van der Waals surface area contributed by atoms with Crippen LogP contribution in [-0.2, 0) is 16.0 Å². The number of fused-ring (bicyclic) bond motifs is 1. The zero-order valence-electron chi connectivity index (χ0n) is 20.4. The fraction of sp³-hybridized carbons (Fsp3) is 0.241. The maximum Gasteiger partial charge on any atom is 0.319 e. The molecule has 0 bridgehead atoms. The van der Waals surface area contributed by atoms with Gasteiger partial charge in [0.25, 0.3) is 0 Å². The number of aromatic nitrogens is 2. The van der Waals surface area contributed by atoms with E-state index in [0.717, 1.165) is 59.3 Å². The normalized spacial score (nSPS) is 13.7. The Morgan fingerprint density at radius 3 is 2.59 bits per heavy atom. The van der Waals surface area contributed by atoms with Gasteiger partial charge in [-0.1, -0.05) is 24.3 Å². The SMILES string of the molecule is O=C(Cc1cccnc1)Nc1cccc(-c2cnc3cc(NC(=O)NCC4CCOCC4)ccc3c2)c1. The lowest BCUT2D eigenvalue weighted by atomic mass is 10.0. The molecule has 5 rings (SSSR count). The van der Waals surface area contributed by atoms with E-state index in [1.54, 1.807) is 18.6 Å². The second kappa shape index (κ2) is 11.6. The van der Waals surface area contributed by atoms with Gasteiger partial charge in [0, 0.05) is 60.7 Å². The van der Waals surface area contributed by atoms with Crippen molar-refractivity contribution in [2.45, 2.75) is 19.3 Å². The van der Waals surface area contributed by atoms with Gasteiger partial charge in [-0.05, 0) is 66.3 Å². The molecule has 8 heteroatoms. The molecule has 3 N–H and O–H groups in total. The van der Waals surface area contributed by atoms with E-state index in [9.17, 15) is 9.59 Å². The molecule has 0 spiro atoms. The van der Waals surface area contributed by atoms with Crippen molar-refractivity contribution in [3.8, 4) is 11.1 Å². The number of carbonyl (C=O) groups excluding carboxylic acids is 2. The van der Waals surface area contributed by atoms with Gasteiger partial charge in [0.2, 0.25) is 5.91 Å². The Kier molecular flexibility index (Phi) is 7.66. The molecular weight excluding hydrogens is 466 g/mol. The highest BCUT2D eigenvalue weighted by atomic mass is 16.5. The first-order chi connectivity index (χ1) is 18.1. The average molecular weight is 496 g/mol. The molecule has 1 fully saturated rings. The van der Waals surface area contributed by atoms with Gasteiger partial charge in [-0.25, -0.2) is 4.79 Å². The molecule has 1 saturated heterocycles. The van der Waals surface area contributed by atoms with Crippen LogP contribution in [0.1, 0.15) is 18.4 Å². The molecule has 1 aliphatic heterocycles. The number of hydrogen-bond donors (Lipinski definition) is 3. The number of benzene rings is 2. The van der Waals surface area contributed by atoms with Crippen molar-refractivity contribution >= 4 is 34.2 Å². The van der Waals surface area contributed by atoms with Crippen LogP contribution in [0.2, 0.25) is 0 Å². The molecule has 188 valence electrons. The Balaban J connectivity index is 1.22. The molecule has 1 aliphatic rings. The number of rotatable bonds is 7. The van der Waals surface area contributed by atoms with Crippen LogP contribution in [-0.4, -0.2) is 41.7 Å². The molecule has 3 amide bonds. The van der Waals surface area contributed by atoms with Gasteiger partial charge < -0.3 is 20.7 Å². The highest BCUT2D eigenvalue weighted by Gasteiger charge is 2.15. The molecule has 2 aromatic carbocycles. The molecule has 0 unspecified atom stereocenters. The van der Waals surface area contributed by atoms with Crippen LogP contribution in [0.25, 0.3) is 22.0 Å². The highest BCUT2D eigenvalue weighted by Crippen LogP contribution is 2.26. The molecule has 0 saturated carbocycles. The van der Waals surface area contributed by atoms with E-state index in [1.807, 2.05) is 60.7 Å². The predicted molar refractivity (Wildman–Crippen MR) is 144 cm³/mol. The summed E-state index contributed by atoms with van der Waals surface area (Å²) in [4.78, 5) is 33.4. The average Bonchev–Trinajstić information content (AvgIpc) is 2.93. The summed E-state index contributed by atoms with van der Waals surface area (Å²) in [6.45, 7) is 2.17. The number of amides is 3. The minimum Gasteiger partial charge on any atom is -0.381 e. The van der Waals surface area contributed by atoms with Crippen LogP contribution in [0, 0.1) is 5.92 Å². The number of carbonyl (C=O) groups is 2. The van der Waals surface area contributed by atoms with Crippen molar-refractivity contribution in [1.82, 2.24) is 15.3 Å². The summed E-state index contributed by atoms with van der Waals surface area (Å²) in [5.74, 6) is 0.364. The molecule has 3 heterocycles. The lowest BCUT2D eigenvalue weighted by Crippen LogP contribution is -2.35. The first-order valence-corrected chi connectivity index (χ1v) is 12.4. The van der Waals surface area contributed by atoms with Crippen LogP contribution >= 0.6 is 0 Å². The van der Waals surface area contributed by atoms with Crippen molar-refractivity contribution in [2.75, 3.05) is 30.4 Å². The first-order valence-electron chi connectivity index (χ1n) is 12.4. The zero-order valence-corrected chi connectivity index (χ0v) is 20.4. The van der Waals surface area contributed by atoms with Crippen LogP contribution in [0.4, 0.5) is 16.2 Å². The third-order valence-corrected chi connectivity index (χ3v) is 6.40. The van der Waals surface area contributed by atoms with Crippen molar-refractivity contribution in [3.63, 3.8) is 0 Å². The minimum absolute atomic E-state index is 0.0985. The first kappa shape index (κ1) is 24.4. The van der Waals surface area contributed by atoms with Crippen LogP contribution in [0.5, 0.6) is 0 Å². The second-order valence-corrected chi connectivity index (χ2v) is 9.19. The zero-order chi connectivity index (χ0) is 25.5. The number of nitrogens with one attached hydrogen (secondary N) is 3. The summed E-state index contributed by atoms with van der Waals surface area (Å²) >= 11 is 0. The van der Waals surface area contributed by atoms with Gasteiger partial charge >= 0.3 is 6.03 Å². The topological polar surface area (TPSA) is 105 Å². The lowest BCUT2D eigenvalue weighted by molar-refractivity contribution is -0.115. The second-order valence-electron chi connectivity index (χ2n) is 9.19. The van der Waals surface area contributed by atoms with E-state index in [1.165, 1.54) is 0 Å². The van der Waals surface area contributed by atoms with E-state index in [4.69, 9.17) is 4.74 Å². The number of ether oxygens (including phenoxy) is 1. The number of pyridine rings is 2. The van der Waals surface area contributed by atoms with Gasteiger partial charge in [0.15, 0.2) is 0 Å². The molecule has 37 heavy (non-hydrogen) atoms. The van der Waals surface area contributed by atoms with Crippen LogP contribution in [0.15, 0.2) is 79.3 Å². The number of anilines is 2. The molecule has 4 aromatic rings. The Morgan fingerprint density at radius 2 is 1.76 bits per heavy atom. The molecule has 0 radical (unpaired) electrons. The summed E-state index contributed by atoms with van der Waals surface area (Å²) in [5.41, 5.74) is 4.94. The van der Waals surface area contributed by atoms with Gasteiger partial charge in [-0.3, -0.25) is 14.8 Å². The summed E-state index contributed by atoms with van der Waals surface area (Å²) in [5, 5.41) is 9.76. The third kappa shape index (κ3) is 6.68. The quantitative estimate of drug-likeness (QED) is 0.334. The number of urea groups is 1. The molecular formula is C29H29N5O3. The lowest BCUT2D eigenvalue weighted by Gasteiger charge is -2.22. The number of nitrogens with zero attached hydrogens (tertiary/aromatic N) is 2. The fourth-order valence-electron chi connectivity index (χ4n) is 4.39. The van der Waals surface area contributed by atoms with Crippen LogP contribution < -0.4 is 16.0 Å². The molecule has 8 nitrogen and oxygen atoms in total. The number of hydrogen-bond acceptors (Lipinski definition) is 5. The maximum atomic E-state index is 12.4. The van der Waals surface area contributed by atoms with Gasteiger partial charge in [-0.15, -0.1) is 0 Å². The third-order valence-electron chi connectivity index (χ3n) is 6.40. The monoisotopic (exact) mass is 495 g/mol. The Hall–Kier alpha value is -4.30. The highest BCUT2D eigenvalue weighted by molar-refractivity contribution is 5.94. The van der Waals surface area contributed by atoms with Gasteiger partial charge in [0.1, 0.15) is 0 Å². The predicted octanol–water partition coefficient (Wildman–Crippen LogP) is 5.03. The standard InChI is InChI=1S/C29H29N5O3/c35-28(13-21-3-2-10-30-17-21)33-25-5-1-4-22(15-25)24-14-23-6-7-26(16-27(23)31-19-24)34-29(36)32-18-20-8-11-37-12-9-20/h1-7,10,14-17,19-20H,8-9,11-13,18H2,(H,33,35)(H2,32,34,36). The largest absolute Gasteiger partial charge is 0.381 e. The van der Waals surface area contributed by atoms with E-state index in [2.05, 4.69) is 25.9 Å². The van der Waals surface area contributed by atoms with E-state index in [-0.39, 0.29) is 18.4 Å². The molecule has 0 aliphatic carbocycles. The van der Waals surface area contributed by atoms with E-state index in [0.29, 0.717) is 18.2 Å². The Bertz CT molecular complexity index is 1390. The van der Waals surface area contributed by atoms with Crippen molar-refractivity contribution < 1.29 is 14.3 Å². The van der Waals surface area contributed by atoms with Gasteiger partial charge in [0.05, 0.1) is 11.9 Å². The van der Waals surface area contributed by atoms with E-state index < -0.39 is 0 Å². The maximum absolute atomic E-state index is 12.4. The van der Waals surface area contributed by atoms with Crippen LogP contribution in [0.3, 0.4) is 0 Å². The van der Waals surface area contributed by atoms with E-state index >= 15 is 0 Å². The Labute approximate surface area is 215 Å². The Morgan fingerprint density at radius 1 is 0.892 bits per heavy atom. The van der Waals surface area contributed by atoms with Crippen molar-refractivity contribution in [1.29, 1.82) is 0 Å².